The maximum atomic E-state index is 10.6. The second-order valence-electron chi connectivity index (χ2n) is 2.59. The van der Waals surface area contributed by atoms with E-state index >= 15 is 0 Å². The summed E-state index contributed by atoms with van der Waals surface area (Å²) >= 11 is 0. The highest BCUT2D eigenvalue weighted by Gasteiger charge is 2.35. The van der Waals surface area contributed by atoms with E-state index in [1.54, 1.807) is 0 Å². The third kappa shape index (κ3) is 3.52. The fraction of sp³-hybridized carbons (Fsp3) is 0.500. The number of nitrogens with two attached hydrogens (primary N) is 2. The van der Waals surface area contributed by atoms with E-state index < -0.39 is 36.2 Å². The van der Waals surface area contributed by atoms with Crippen LogP contribution in [0.3, 0.4) is 0 Å². The summed E-state index contributed by atoms with van der Waals surface area (Å²) in [5, 5.41) is 19.3. The van der Waals surface area contributed by atoms with E-state index in [0.717, 1.165) is 0 Å². The summed E-state index contributed by atoms with van der Waals surface area (Å²) in [6.45, 7) is 0. The summed E-state index contributed by atoms with van der Waals surface area (Å²) in [5.74, 6) is -4.04. The number of aliphatic hydroxyl groups is 1. The number of carboxylic acids is 1. The van der Waals surface area contributed by atoms with Crippen molar-refractivity contribution in [3.8, 4) is 0 Å². The molecule has 1 atom stereocenters. The molecule has 2 amide bonds. The number of rotatable bonds is 5. The molecule has 0 aliphatic rings. The minimum atomic E-state index is -2.45. The Labute approximate surface area is 73.3 Å². The van der Waals surface area contributed by atoms with E-state index in [1.165, 1.54) is 0 Å². The molecule has 7 heteroatoms. The summed E-state index contributed by atoms with van der Waals surface area (Å²) in [6.07, 6.45) is -1.89. The van der Waals surface area contributed by atoms with Crippen molar-refractivity contribution in [3.05, 3.63) is 0 Å². The summed E-state index contributed by atoms with van der Waals surface area (Å²) in [6, 6.07) is 0. The van der Waals surface area contributed by atoms with E-state index in [0.29, 0.717) is 0 Å². The average Bonchev–Trinajstić information content (AvgIpc) is 1.82. The maximum absolute atomic E-state index is 10.6. The van der Waals surface area contributed by atoms with Gasteiger partial charge < -0.3 is 26.5 Å². The number of primary amides is 2. The second-order valence-corrected chi connectivity index (χ2v) is 2.59. The van der Waals surface area contributed by atoms with E-state index in [-0.39, 0.29) is 0 Å². The zero-order valence-electron chi connectivity index (χ0n) is 6.65. The lowest BCUT2D eigenvalue weighted by Gasteiger charge is -2.23. The van der Waals surface area contributed by atoms with Crippen LogP contribution < -0.4 is 16.6 Å². The van der Waals surface area contributed by atoms with E-state index in [4.69, 9.17) is 0 Å². The average molecular weight is 189 g/mol. The minimum Gasteiger partial charge on any atom is -0.550 e. The lowest BCUT2D eigenvalue weighted by atomic mass is 9.94. The normalized spacial score (nSPS) is 14.5. The Morgan fingerprint density at radius 3 is 1.92 bits per heavy atom. The zero-order valence-corrected chi connectivity index (χ0v) is 6.65. The van der Waals surface area contributed by atoms with Crippen molar-refractivity contribution in [1.29, 1.82) is 0 Å². The Bertz CT molecular complexity index is 233. The molecule has 0 aliphatic carbocycles. The molecule has 0 radical (unpaired) electrons. The fourth-order valence-corrected chi connectivity index (χ4v) is 0.764. The smallest absolute Gasteiger partial charge is 0.250 e. The lowest BCUT2D eigenvalue weighted by Crippen LogP contribution is -2.50. The van der Waals surface area contributed by atoms with Crippen molar-refractivity contribution in [2.75, 3.05) is 0 Å². The molecule has 0 aromatic rings. The van der Waals surface area contributed by atoms with Crippen molar-refractivity contribution in [2.45, 2.75) is 18.4 Å². The number of carboxylic acid groups (broad SMARTS) is 1. The number of hydrogen-bond acceptors (Lipinski definition) is 5. The van der Waals surface area contributed by atoms with Crippen LogP contribution in [-0.4, -0.2) is 28.5 Å². The van der Waals surface area contributed by atoms with Crippen LogP contribution >= 0.6 is 0 Å². The number of amides is 2. The van der Waals surface area contributed by atoms with Gasteiger partial charge in [-0.2, -0.15) is 0 Å². The predicted molar refractivity (Wildman–Crippen MR) is 37.6 cm³/mol. The summed E-state index contributed by atoms with van der Waals surface area (Å²) in [4.78, 5) is 31.0. The highest BCUT2D eigenvalue weighted by molar-refractivity contribution is 5.92. The van der Waals surface area contributed by atoms with E-state index in [1.807, 2.05) is 0 Å². The Hall–Kier alpha value is -1.63. The third-order valence-corrected chi connectivity index (χ3v) is 1.36. The minimum absolute atomic E-state index is 0.837. The molecule has 0 bridgehead atoms. The highest BCUT2D eigenvalue weighted by Crippen LogP contribution is 2.13. The largest absolute Gasteiger partial charge is 0.550 e. The molecule has 0 rings (SSSR count). The Kier molecular flexibility index (Phi) is 3.37. The van der Waals surface area contributed by atoms with Gasteiger partial charge in [0.2, 0.25) is 11.8 Å². The van der Waals surface area contributed by atoms with Gasteiger partial charge in [-0.15, -0.1) is 0 Å². The quantitative estimate of drug-likeness (QED) is 0.406. The molecule has 0 spiro atoms. The first-order chi connectivity index (χ1) is 5.78. The molecule has 7 nitrogen and oxygen atoms in total. The molecule has 5 N–H and O–H groups in total. The van der Waals surface area contributed by atoms with Gasteiger partial charge in [0, 0.05) is 12.4 Å². The monoisotopic (exact) mass is 189 g/mol. The summed E-state index contributed by atoms with van der Waals surface area (Å²) < 4.78 is 0. The second kappa shape index (κ2) is 3.85. The van der Waals surface area contributed by atoms with Crippen LogP contribution in [0.25, 0.3) is 0 Å². The van der Waals surface area contributed by atoms with Gasteiger partial charge in [0.05, 0.1) is 6.42 Å². The molecule has 0 heterocycles. The topological polar surface area (TPSA) is 147 Å². The Balaban J connectivity index is 4.62. The van der Waals surface area contributed by atoms with Gasteiger partial charge in [0.15, 0.2) is 5.60 Å². The third-order valence-electron chi connectivity index (χ3n) is 1.36. The zero-order chi connectivity index (χ0) is 10.6. The number of carbonyl (C=O) groups is 3. The van der Waals surface area contributed by atoms with Gasteiger partial charge in [-0.3, -0.25) is 9.59 Å². The van der Waals surface area contributed by atoms with Crippen LogP contribution in [0.4, 0.5) is 0 Å². The van der Waals surface area contributed by atoms with Gasteiger partial charge in [0.1, 0.15) is 0 Å². The molecule has 13 heavy (non-hydrogen) atoms. The summed E-state index contributed by atoms with van der Waals surface area (Å²) in [7, 11) is 0. The molecule has 0 saturated carbocycles. The van der Waals surface area contributed by atoms with E-state index in [9.17, 15) is 24.6 Å². The SMILES string of the molecule is NC(=O)CC(O)(CC(=O)[O-])C(N)=O. The van der Waals surface area contributed by atoms with Crippen LogP contribution in [0.2, 0.25) is 0 Å². The fourth-order valence-electron chi connectivity index (χ4n) is 0.764. The molecule has 1 unspecified atom stereocenters. The molecule has 0 aromatic heterocycles. The van der Waals surface area contributed by atoms with Crippen molar-refractivity contribution in [2.24, 2.45) is 11.5 Å². The number of aliphatic carboxylic acids is 1. The predicted octanol–water partition coefficient (Wildman–Crippen LogP) is -3.78. The Morgan fingerprint density at radius 1 is 1.23 bits per heavy atom. The summed E-state index contributed by atoms with van der Waals surface area (Å²) in [5.41, 5.74) is 6.90. The first kappa shape index (κ1) is 11.4. The van der Waals surface area contributed by atoms with Crippen LogP contribution in [0.15, 0.2) is 0 Å². The van der Waals surface area contributed by atoms with Gasteiger partial charge in [-0.05, 0) is 0 Å². The first-order valence-corrected chi connectivity index (χ1v) is 3.28. The van der Waals surface area contributed by atoms with Gasteiger partial charge in [-0.1, -0.05) is 0 Å². The molecule has 0 aliphatic heterocycles. The van der Waals surface area contributed by atoms with Crippen LogP contribution in [0, 0.1) is 0 Å². The highest BCUT2D eigenvalue weighted by atomic mass is 16.4. The van der Waals surface area contributed by atoms with Gasteiger partial charge in [0.25, 0.3) is 0 Å². The van der Waals surface area contributed by atoms with Gasteiger partial charge >= 0.3 is 0 Å². The molecule has 0 saturated heterocycles. The van der Waals surface area contributed by atoms with Crippen LogP contribution in [0.5, 0.6) is 0 Å². The van der Waals surface area contributed by atoms with Crippen LogP contribution in [0.1, 0.15) is 12.8 Å². The standard InChI is InChI=1S/C6H10N2O5/c7-3(9)1-6(13,5(8)12)2-4(10)11/h13H,1-2H2,(H2,7,9)(H2,8,12)(H,10,11)/p-1. The van der Waals surface area contributed by atoms with Crippen molar-refractivity contribution >= 4 is 17.8 Å². The lowest BCUT2D eigenvalue weighted by molar-refractivity contribution is -0.308. The van der Waals surface area contributed by atoms with E-state index in [2.05, 4.69) is 11.5 Å². The van der Waals surface area contributed by atoms with Crippen LogP contribution in [-0.2, 0) is 14.4 Å². The van der Waals surface area contributed by atoms with Crippen molar-refractivity contribution in [3.63, 3.8) is 0 Å². The molecule has 74 valence electrons. The molecule has 0 fully saturated rings. The molecular weight excluding hydrogens is 180 g/mol. The van der Waals surface area contributed by atoms with Crippen molar-refractivity contribution in [1.82, 2.24) is 0 Å². The number of hydrogen-bond donors (Lipinski definition) is 3. The number of carbonyl (C=O) groups excluding carboxylic acids is 3. The Morgan fingerprint density at radius 2 is 1.69 bits per heavy atom. The van der Waals surface area contributed by atoms with Crippen molar-refractivity contribution < 1.29 is 24.6 Å². The van der Waals surface area contributed by atoms with Gasteiger partial charge in [-0.25, -0.2) is 0 Å². The molecular formula is C6H9N2O5-. The molecule has 0 aromatic carbocycles. The first-order valence-electron chi connectivity index (χ1n) is 3.28. The maximum Gasteiger partial charge on any atom is 0.250 e.